The van der Waals surface area contributed by atoms with Gasteiger partial charge in [0.1, 0.15) is 5.69 Å². The van der Waals surface area contributed by atoms with Gasteiger partial charge in [0, 0.05) is 11.4 Å². The minimum absolute atomic E-state index is 0.0937. The highest BCUT2D eigenvalue weighted by molar-refractivity contribution is 7.99. The second-order valence-electron chi connectivity index (χ2n) is 8.28. The third-order valence-corrected chi connectivity index (χ3v) is 9.00. The SMILES string of the molecule is CCCSc1nc2c(n1-c1ccccc1)C(=O)C(c1ccccc1)S(=O)(=O)N2Cc1ccccc1. The van der Waals surface area contributed by atoms with Gasteiger partial charge in [0.05, 0.1) is 6.54 Å². The van der Waals surface area contributed by atoms with Crippen LogP contribution in [0.2, 0.25) is 0 Å². The summed E-state index contributed by atoms with van der Waals surface area (Å²) in [5, 5.41) is -0.735. The van der Waals surface area contributed by atoms with E-state index in [0.29, 0.717) is 16.4 Å². The van der Waals surface area contributed by atoms with Crippen LogP contribution in [0.3, 0.4) is 0 Å². The molecule has 0 fully saturated rings. The van der Waals surface area contributed by atoms with Crippen LogP contribution in [0.5, 0.6) is 0 Å². The van der Waals surface area contributed by atoms with Crippen LogP contribution >= 0.6 is 11.8 Å². The molecule has 8 heteroatoms. The van der Waals surface area contributed by atoms with E-state index in [1.54, 1.807) is 24.3 Å². The van der Waals surface area contributed by atoms with Crippen molar-refractivity contribution in [3.63, 3.8) is 0 Å². The molecule has 5 rings (SSSR count). The Morgan fingerprint density at radius 2 is 1.49 bits per heavy atom. The number of fused-ring (bicyclic) bond motifs is 1. The molecular weight excluding hydrogens is 478 g/mol. The van der Waals surface area contributed by atoms with Crippen molar-refractivity contribution >= 4 is 33.4 Å². The van der Waals surface area contributed by atoms with E-state index in [4.69, 9.17) is 4.98 Å². The molecular formula is C27H25N3O3S2. The fourth-order valence-electron chi connectivity index (χ4n) is 4.26. The van der Waals surface area contributed by atoms with Crippen molar-refractivity contribution in [1.82, 2.24) is 9.55 Å². The molecule has 3 aromatic carbocycles. The first kappa shape index (κ1) is 23.4. The molecule has 1 unspecified atom stereocenters. The number of Topliss-reactive ketones (excluding diaryl/α,β-unsaturated/α-hetero) is 1. The number of imidazole rings is 1. The van der Waals surface area contributed by atoms with Gasteiger partial charge in [0.25, 0.3) is 10.0 Å². The summed E-state index contributed by atoms with van der Waals surface area (Å²) in [6.07, 6.45) is 0.920. The average Bonchev–Trinajstić information content (AvgIpc) is 3.26. The molecule has 1 aliphatic rings. The summed E-state index contributed by atoms with van der Waals surface area (Å²) in [4.78, 5) is 18.8. The Labute approximate surface area is 209 Å². The number of aromatic nitrogens is 2. The van der Waals surface area contributed by atoms with Crippen LogP contribution in [0.4, 0.5) is 5.82 Å². The first-order valence-corrected chi connectivity index (χ1v) is 14.0. The maximum absolute atomic E-state index is 14.0. The van der Waals surface area contributed by atoms with Crippen LogP contribution in [-0.2, 0) is 16.6 Å². The van der Waals surface area contributed by atoms with Crippen LogP contribution in [0.1, 0.15) is 40.2 Å². The van der Waals surface area contributed by atoms with Gasteiger partial charge in [-0.05, 0) is 29.7 Å². The van der Waals surface area contributed by atoms with Gasteiger partial charge in [-0.1, -0.05) is 97.5 Å². The third kappa shape index (κ3) is 4.28. The maximum atomic E-state index is 14.0. The van der Waals surface area contributed by atoms with Crippen LogP contribution in [0.15, 0.2) is 96.2 Å². The summed E-state index contributed by atoms with van der Waals surface area (Å²) in [5.74, 6) is 0.522. The molecule has 1 atom stereocenters. The number of carbonyl (C=O) groups is 1. The van der Waals surface area contributed by atoms with Crippen LogP contribution < -0.4 is 4.31 Å². The van der Waals surface area contributed by atoms with Crippen molar-refractivity contribution in [2.75, 3.05) is 10.1 Å². The quantitative estimate of drug-likeness (QED) is 0.305. The molecule has 178 valence electrons. The number of sulfonamides is 1. The van der Waals surface area contributed by atoms with Gasteiger partial charge in [0.15, 0.2) is 16.2 Å². The molecule has 1 aliphatic heterocycles. The van der Waals surface area contributed by atoms with Crippen molar-refractivity contribution in [2.24, 2.45) is 0 Å². The topological polar surface area (TPSA) is 72.3 Å². The van der Waals surface area contributed by atoms with Gasteiger partial charge in [-0.25, -0.2) is 17.7 Å². The molecule has 2 heterocycles. The normalized spacial score (nSPS) is 16.8. The minimum atomic E-state index is -4.09. The van der Waals surface area contributed by atoms with Crippen molar-refractivity contribution in [1.29, 1.82) is 0 Å². The summed E-state index contributed by atoms with van der Waals surface area (Å²) in [6.45, 7) is 2.17. The van der Waals surface area contributed by atoms with Gasteiger partial charge >= 0.3 is 0 Å². The van der Waals surface area contributed by atoms with Gasteiger partial charge < -0.3 is 0 Å². The van der Waals surface area contributed by atoms with Crippen molar-refractivity contribution in [2.45, 2.75) is 30.3 Å². The number of thioether (sulfide) groups is 1. The predicted octanol–water partition coefficient (Wildman–Crippen LogP) is 5.65. The molecule has 0 radical (unpaired) electrons. The number of nitrogens with zero attached hydrogens (tertiary/aromatic N) is 3. The standard InChI is InChI=1S/C27H25N3O3S2/c1-2-18-34-27-28-26-23(30(27)22-16-10-5-11-17-22)24(31)25(21-14-8-4-9-15-21)35(32,33)29(26)19-20-12-6-3-7-13-20/h3-17,25H,2,18-19H2,1H3. The molecule has 0 aliphatic carbocycles. The molecule has 6 nitrogen and oxygen atoms in total. The zero-order chi connectivity index (χ0) is 24.4. The summed E-state index contributed by atoms with van der Waals surface area (Å²) in [6, 6.07) is 27.6. The molecule has 0 saturated heterocycles. The Kier molecular flexibility index (Phi) is 6.49. The van der Waals surface area contributed by atoms with Crippen molar-refractivity contribution in [3.8, 4) is 5.69 Å². The number of benzene rings is 3. The highest BCUT2D eigenvalue weighted by Gasteiger charge is 2.49. The van der Waals surface area contributed by atoms with E-state index in [1.807, 2.05) is 71.3 Å². The number of carbonyl (C=O) groups excluding carboxylic acids is 1. The second kappa shape index (κ2) is 9.71. The number of hydrogen-bond donors (Lipinski definition) is 0. The lowest BCUT2D eigenvalue weighted by Gasteiger charge is -2.32. The van der Waals surface area contributed by atoms with Gasteiger partial charge in [0.2, 0.25) is 5.78 Å². The lowest BCUT2D eigenvalue weighted by atomic mass is 10.1. The zero-order valence-corrected chi connectivity index (χ0v) is 20.9. The largest absolute Gasteiger partial charge is 0.290 e. The van der Waals surface area contributed by atoms with Gasteiger partial charge in [-0.15, -0.1) is 0 Å². The monoisotopic (exact) mass is 503 g/mol. The molecule has 0 bridgehead atoms. The molecule has 1 aromatic heterocycles. The number of hydrogen-bond acceptors (Lipinski definition) is 5. The Morgan fingerprint density at radius 3 is 2.11 bits per heavy atom. The first-order valence-electron chi connectivity index (χ1n) is 11.5. The highest BCUT2D eigenvalue weighted by atomic mass is 32.2. The lowest BCUT2D eigenvalue weighted by Crippen LogP contribution is -2.43. The van der Waals surface area contributed by atoms with E-state index < -0.39 is 21.1 Å². The van der Waals surface area contributed by atoms with Crippen LogP contribution in [-0.4, -0.2) is 29.5 Å². The van der Waals surface area contributed by atoms with E-state index in [9.17, 15) is 13.2 Å². The molecule has 0 N–H and O–H groups in total. The van der Waals surface area contributed by atoms with Crippen LogP contribution in [0.25, 0.3) is 5.69 Å². The van der Waals surface area contributed by atoms with Crippen molar-refractivity contribution in [3.05, 3.63) is 108 Å². The highest BCUT2D eigenvalue weighted by Crippen LogP contribution is 2.43. The first-order chi connectivity index (χ1) is 17.0. The number of rotatable bonds is 7. The van der Waals surface area contributed by atoms with E-state index in [0.717, 1.165) is 23.4 Å². The molecule has 35 heavy (non-hydrogen) atoms. The molecule has 0 saturated carbocycles. The Bertz CT molecular complexity index is 1440. The fourth-order valence-corrected chi connectivity index (χ4v) is 6.96. The number of ketones is 1. The second-order valence-corrected chi connectivity index (χ2v) is 11.3. The Balaban J connectivity index is 1.77. The number of para-hydroxylation sites is 1. The smallest absolute Gasteiger partial charge is 0.251 e. The zero-order valence-electron chi connectivity index (χ0n) is 19.2. The lowest BCUT2D eigenvalue weighted by molar-refractivity contribution is 0.0978. The van der Waals surface area contributed by atoms with E-state index in [-0.39, 0.29) is 12.4 Å². The summed E-state index contributed by atoms with van der Waals surface area (Å²) in [7, 11) is -4.09. The maximum Gasteiger partial charge on any atom is 0.251 e. The third-order valence-electron chi connectivity index (χ3n) is 5.86. The summed E-state index contributed by atoms with van der Waals surface area (Å²) < 4.78 is 31.2. The Morgan fingerprint density at radius 1 is 0.886 bits per heavy atom. The minimum Gasteiger partial charge on any atom is -0.290 e. The van der Waals surface area contributed by atoms with Gasteiger partial charge in [-0.3, -0.25) is 9.36 Å². The average molecular weight is 504 g/mol. The molecule has 0 amide bonds. The summed E-state index contributed by atoms with van der Waals surface area (Å²) in [5.41, 5.74) is 2.35. The molecule has 0 spiro atoms. The molecule has 4 aromatic rings. The van der Waals surface area contributed by atoms with E-state index >= 15 is 0 Å². The number of anilines is 1. The van der Waals surface area contributed by atoms with Crippen LogP contribution in [0, 0.1) is 0 Å². The Hall–Kier alpha value is -3.36. The van der Waals surface area contributed by atoms with E-state index in [2.05, 4.69) is 6.92 Å². The fraction of sp³-hybridized carbons (Fsp3) is 0.185. The van der Waals surface area contributed by atoms with Gasteiger partial charge in [-0.2, -0.15) is 0 Å². The van der Waals surface area contributed by atoms with E-state index in [1.165, 1.54) is 16.1 Å². The summed E-state index contributed by atoms with van der Waals surface area (Å²) >= 11 is 1.52. The predicted molar refractivity (Wildman–Crippen MR) is 140 cm³/mol. The van der Waals surface area contributed by atoms with Crippen molar-refractivity contribution < 1.29 is 13.2 Å².